The Morgan fingerprint density at radius 1 is 1.18 bits per heavy atom. The molecule has 0 unspecified atom stereocenters. The van der Waals surface area contributed by atoms with Gasteiger partial charge in [-0.1, -0.05) is 37.7 Å². The fraction of sp³-hybridized carbons (Fsp3) is 0.542. The van der Waals surface area contributed by atoms with Crippen molar-refractivity contribution in [3.8, 4) is 0 Å². The number of nitrogens with zero attached hydrogens (tertiary/aromatic N) is 3. The first-order valence-corrected chi connectivity index (χ1v) is 12.7. The molecule has 1 aromatic carbocycles. The minimum Gasteiger partial charge on any atom is -0.325 e. The lowest BCUT2D eigenvalue weighted by Crippen LogP contribution is -2.32. The van der Waals surface area contributed by atoms with Crippen molar-refractivity contribution in [2.24, 2.45) is 0 Å². The Morgan fingerprint density at radius 2 is 1.88 bits per heavy atom. The van der Waals surface area contributed by atoms with E-state index in [2.05, 4.69) is 29.0 Å². The van der Waals surface area contributed by atoms with Gasteiger partial charge in [-0.25, -0.2) is 4.79 Å². The quantitative estimate of drug-likeness (QED) is 0.385. The number of amides is 1. The smallest absolute Gasteiger partial charge is 0.325 e. The maximum Gasteiger partial charge on any atom is 0.418 e. The summed E-state index contributed by atoms with van der Waals surface area (Å²) in [5.41, 5.74) is 0.471. The highest BCUT2D eigenvalue weighted by Crippen LogP contribution is 2.35. The first kappa shape index (κ1) is 26.3. The van der Waals surface area contributed by atoms with Gasteiger partial charge in [0.15, 0.2) is 0 Å². The van der Waals surface area contributed by atoms with Crippen LogP contribution in [0.15, 0.2) is 34.1 Å². The molecule has 0 fully saturated rings. The van der Waals surface area contributed by atoms with Crippen LogP contribution in [-0.4, -0.2) is 45.7 Å². The zero-order chi connectivity index (χ0) is 24.7. The third-order valence-corrected chi connectivity index (χ3v) is 7.07. The highest BCUT2D eigenvalue weighted by molar-refractivity contribution is 8.00. The maximum atomic E-state index is 13.2. The van der Waals surface area contributed by atoms with Crippen molar-refractivity contribution in [3.05, 3.63) is 51.6 Å². The molecule has 0 saturated heterocycles. The molecular weight excluding hydrogens is 465 g/mol. The van der Waals surface area contributed by atoms with Crippen molar-refractivity contribution in [3.63, 3.8) is 0 Å². The number of benzene rings is 1. The van der Waals surface area contributed by atoms with Crippen molar-refractivity contribution < 1.29 is 18.0 Å². The molecule has 10 heteroatoms. The van der Waals surface area contributed by atoms with Crippen LogP contribution in [0.25, 0.3) is 0 Å². The summed E-state index contributed by atoms with van der Waals surface area (Å²) in [5, 5.41) is 2.86. The predicted octanol–water partition coefficient (Wildman–Crippen LogP) is 4.60. The fourth-order valence-electron chi connectivity index (χ4n) is 4.25. The van der Waals surface area contributed by atoms with Crippen LogP contribution in [0.3, 0.4) is 0 Å². The molecule has 1 heterocycles. The van der Waals surface area contributed by atoms with Crippen LogP contribution in [0.4, 0.5) is 18.9 Å². The third-order valence-electron chi connectivity index (χ3n) is 6.05. The van der Waals surface area contributed by atoms with E-state index in [0.717, 1.165) is 80.8 Å². The molecule has 0 radical (unpaired) electrons. The molecule has 34 heavy (non-hydrogen) atoms. The number of alkyl halides is 3. The molecule has 0 aliphatic heterocycles. The number of thioether (sulfide) groups is 1. The van der Waals surface area contributed by atoms with E-state index in [-0.39, 0.29) is 17.1 Å². The predicted molar refractivity (Wildman–Crippen MR) is 128 cm³/mol. The van der Waals surface area contributed by atoms with E-state index in [1.165, 1.54) is 18.2 Å². The zero-order valence-electron chi connectivity index (χ0n) is 19.6. The Kier molecular flexibility index (Phi) is 9.18. The Morgan fingerprint density at radius 3 is 2.59 bits per heavy atom. The highest BCUT2D eigenvalue weighted by Gasteiger charge is 2.33. The van der Waals surface area contributed by atoms with E-state index in [1.807, 2.05) is 0 Å². The fourth-order valence-corrected chi connectivity index (χ4v) is 5.13. The summed E-state index contributed by atoms with van der Waals surface area (Å²) in [6, 6.07) is 4.88. The third kappa shape index (κ3) is 6.63. The first-order valence-electron chi connectivity index (χ1n) is 11.7. The standard InChI is InChI=1S/C24H31F3N4O2S/c1-3-30(4-2)14-9-15-31-20-13-8-5-10-17(20)22(29-23(31)33)34-16-21(32)28-19-12-7-6-11-18(19)24(25,26)27/h6-7,11-12H,3-5,8-10,13-16H2,1-2H3,(H,28,32). The van der Waals surface area contributed by atoms with Crippen molar-refractivity contribution in [1.29, 1.82) is 0 Å². The van der Waals surface area contributed by atoms with Crippen molar-refractivity contribution >= 4 is 23.4 Å². The van der Waals surface area contributed by atoms with Crippen LogP contribution < -0.4 is 11.0 Å². The number of halogens is 3. The van der Waals surface area contributed by atoms with Gasteiger partial charge in [-0.05, 0) is 63.9 Å². The zero-order valence-corrected chi connectivity index (χ0v) is 20.4. The number of rotatable bonds is 10. The second-order valence-electron chi connectivity index (χ2n) is 8.24. The van der Waals surface area contributed by atoms with Crippen molar-refractivity contribution in [1.82, 2.24) is 14.5 Å². The summed E-state index contributed by atoms with van der Waals surface area (Å²) in [4.78, 5) is 31.8. The molecular formula is C24H31F3N4O2S. The SMILES string of the molecule is CCN(CC)CCCn1c2c(c(SCC(=O)Nc3ccccc3C(F)(F)F)nc1=O)CCCC2. The number of para-hydroxylation sites is 1. The van der Waals surface area contributed by atoms with Crippen LogP contribution in [0, 0.1) is 0 Å². The Bertz CT molecular complexity index is 1050. The lowest BCUT2D eigenvalue weighted by Gasteiger charge is -2.24. The number of fused-ring (bicyclic) bond motifs is 1. The van der Waals surface area contributed by atoms with E-state index in [0.29, 0.717) is 11.6 Å². The number of carbonyl (C=O) groups is 1. The Hall–Kier alpha value is -2.33. The molecule has 1 amide bonds. The summed E-state index contributed by atoms with van der Waals surface area (Å²) >= 11 is 1.11. The molecule has 6 nitrogen and oxygen atoms in total. The normalized spacial score (nSPS) is 13.7. The van der Waals surface area contributed by atoms with Gasteiger partial charge in [0.1, 0.15) is 5.03 Å². The molecule has 0 atom stereocenters. The van der Waals surface area contributed by atoms with Crippen molar-refractivity contribution in [2.75, 3.05) is 30.7 Å². The Balaban J connectivity index is 1.72. The van der Waals surface area contributed by atoms with Gasteiger partial charge >= 0.3 is 11.9 Å². The number of hydrogen-bond donors (Lipinski definition) is 1. The highest BCUT2D eigenvalue weighted by atomic mass is 32.2. The van der Waals surface area contributed by atoms with E-state index < -0.39 is 17.6 Å². The first-order chi connectivity index (χ1) is 16.2. The second-order valence-corrected chi connectivity index (χ2v) is 9.21. The summed E-state index contributed by atoms with van der Waals surface area (Å²) in [7, 11) is 0. The van der Waals surface area contributed by atoms with Gasteiger partial charge in [-0.3, -0.25) is 9.36 Å². The van der Waals surface area contributed by atoms with Crippen LogP contribution >= 0.6 is 11.8 Å². The lowest BCUT2D eigenvalue weighted by molar-refractivity contribution is -0.137. The Labute approximate surface area is 201 Å². The topological polar surface area (TPSA) is 67.2 Å². The summed E-state index contributed by atoms with van der Waals surface area (Å²) in [6.07, 6.45) is -0.177. The second kappa shape index (κ2) is 11.9. The number of nitrogens with one attached hydrogen (secondary N) is 1. The molecule has 1 aliphatic rings. The van der Waals surface area contributed by atoms with Gasteiger partial charge < -0.3 is 10.2 Å². The van der Waals surface area contributed by atoms with Crippen LogP contribution in [-0.2, 0) is 30.4 Å². The summed E-state index contributed by atoms with van der Waals surface area (Å²) in [6.45, 7) is 7.67. The average Bonchev–Trinajstić information content (AvgIpc) is 2.81. The molecule has 0 bridgehead atoms. The van der Waals surface area contributed by atoms with Crippen LogP contribution in [0.1, 0.15) is 49.9 Å². The lowest BCUT2D eigenvalue weighted by atomic mass is 9.97. The number of carbonyl (C=O) groups excluding carboxylic acids is 1. The molecule has 186 valence electrons. The minimum atomic E-state index is -4.56. The van der Waals surface area contributed by atoms with E-state index in [1.54, 1.807) is 4.57 Å². The van der Waals surface area contributed by atoms with Crippen LogP contribution in [0.2, 0.25) is 0 Å². The molecule has 0 spiro atoms. The average molecular weight is 497 g/mol. The molecule has 1 aromatic heterocycles. The van der Waals surface area contributed by atoms with Gasteiger partial charge in [0, 0.05) is 17.8 Å². The maximum absolute atomic E-state index is 13.2. The largest absolute Gasteiger partial charge is 0.418 e. The number of anilines is 1. The number of hydrogen-bond acceptors (Lipinski definition) is 5. The molecule has 3 rings (SSSR count). The number of aromatic nitrogens is 2. The van der Waals surface area contributed by atoms with Gasteiger partial charge in [-0.2, -0.15) is 18.2 Å². The van der Waals surface area contributed by atoms with Crippen LogP contribution in [0.5, 0.6) is 0 Å². The van der Waals surface area contributed by atoms with E-state index in [4.69, 9.17) is 0 Å². The van der Waals surface area contributed by atoms with Gasteiger partial charge in [0.2, 0.25) is 5.91 Å². The van der Waals surface area contributed by atoms with Gasteiger partial charge in [-0.15, -0.1) is 0 Å². The monoisotopic (exact) mass is 496 g/mol. The summed E-state index contributed by atoms with van der Waals surface area (Å²) in [5.74, 6) is -0.701. The minimum absolute atomic E-state index is 0.128. The van der Waals surface area contributed by atoms with E-state index in [9.17, 15) is 22.8 Å². The molecule has 1 aliphatic carbocycles. The van der Waals surface area contributed by atoms with Gasteiger partial charge in [0.25, 0.3) is 0 Å². The molecule has 2 aromatic rings. The van der Waals surface area contributed by atoms with Crippen molar-refractivity contribution in [2.45, 2.75) is 63.7 Å². The molecule has 0 saturated carbocycles. The molecule has 1 N–H and O–H groups in total. The van der Waals surface area contributed by atoms with Gasteiger partial charge in [0.05, 0.1) is 17.0 Å². The van der Waals surface area contributed by atoms with E-state index >= 15 is 0 Å². The summed E-state index contributed by atoms with van der Waals surface area (Å²) < 4.78 is 41.3.